The average Bonchev–Trinajstić information content (AvgIpc) is 3.25. The smallest absolute Gasteiger partial charge is 0.327 e. The van der Waals surface area contributed by atoms with Gasteiger partial charge in [-0.2, -0.15) is 0 Å². The number of nitrogens with one attached hydrogen (secondary N) is 1. The van der Waals surface area contributed by atoms with Crippen LogP contribution < -0.4 is 5.69 Å². The Morgan fingerprint density at radius 3 is 2.67 bits per heavy atom. The van der Waals surface area contributed by atoms with Crippen LogP contribution in [0, 0.1) is 20.8 Å². The maximum absolute atomic E-state index is 12.9. The third-order valence-corrected chi connectivity index (χ3v) is 5.67. The predicted octanol–water partition coefficient (Wildman–Crippen LogP) is 4.46. The van der Waals surface area contributed by atoms with Gasteiger partial charge >= 0.3 is 5.69 Å². The minimum Gasteiger partial charge on any atom is -0.361 e. The van der Waals surface area contributed by atoms with Crippen molar-refractivity contribution in [3.8, 4) is 11.1 Å². The van der Waals surface area contributed by atoms with E-state index < -0.39 is 0 Å². The van der Waals surface area contributed by atoms with Gasteiger partial charge in [-0.15, -0.1) is 0 Å². The molecule has 5 aromatic rings. The number of H-pyrrole nitrogens is 1. The molecule has 7 heteroatoms. The van der Waals surface area contributed by atoms with E-state index in [1.165, 1.54) is 0 Å². The van der Waals surface area contributed by atoms with Crippen molar-refractivity contribution >= 4 is 21.9 Å². The lowest BCUT2D eigenvalue weighted by Crippen LogP contribution is -2.22. The first-order chi connectivity index (χ1) is 14.5. The molecule has 0 saturated heterocycles. The number of imidazole rings is 1. The number of aromatic nitrogens is 5. The molecule has 0 unspecified atom stereocenters. The van der Waals surface area contributed by atoms with Gasteiger partial charge < -0.3 is 9.51 Å². The zero-order valence-electron chi connectivity index (χ0n) is 17.2. The molecule has 0 aliphatic heterocycles. The van der Waals surface area contributed by atoms with Crippen LogP contribution in [-0.4, -0.2) is 24.7 Å². The summed E-state index contributed by atoms with van der Waals surface area (Å²) < 4.78 is 7.12. The minimum atomic E-state index is -0.223. The second-order valence-electron chi connectivity index (χ2n) is 7.64. The van der Waals surface area contributed by atoms with Crippen LogP contribution in [0.2, 0.25) is 0 Å². The zero-order valence-corrected chi connectivity index (χ0v) is 17.2. The van der Waals surface area contributed by atoms with Crippen LogP contribution in [0.15, 0.2) is 52.0 Å². The Balaban J connectivity index is 1.81. The van der Waals surface area contributed by atoms with E-state index in [0.717, 1.165) is 50.3 Å². The highest BCUT2D eigenvalue weighted by atomic mass is 16.5. The first-order valence-corrected chi connectivity index (χ1v) is 9.83. The van der Waals surface area contributed by atoms with E-state index in [9.17, 15) is 4.79 Å². The Hall–Kier alpha value is -3.74. The molecule has 0 bridgehead atoms. The first-order valence-electron chi connectivity index (χ1n) is 9.83. The standard InChI is InChI=1S/C23H21N5O2/c1-12-9-16(21-13(2)27-30-15(21)4)10-18-20(12)22-19(11-25-18)26-23(29)28(22)14(3)17-7-5-6-8-24-17/h5-11,14H,1-4H3,(H,26,29)/t14-/m1/s1. The Bertz CT molecular complexity index is 1440. The van der Waals surface area contributed by atoms with Gasteiger partial charge in [0.05, 0.1) is 40.2 Å². The number of aromatic amines is 1. The summed E-state index contributed by atoms with van der Waals surface area (Å²) in [4.78, 5) is 24.9. The third kappa shape index (κ3) is 2.66. The normalized spacial score (nSPS) is 12.7. The highest BCUT2D eigenvalue weighted by molar-refractivity contribution is 6.05. The van der Waals surface area contributed by atoms with E-state index in [-0.39, 0.29) is 11.7 Å². The molecule has 0 radical (unpaired) electrons. The van der Waals surface area contributed by atoms with Crippen LogP contribution in [0.1, 0.15) is 35.7 Å². The van der Waals surface area contributed by atoms with Crippen LogP contribution in [0.5, 0.6) is 0 Å². The molecule has 0 fully saturated rings. The largest absolute Gasteiger partial charge is 0.361 e. The number of fused-ring (bicyclic) bond motifs is 3. The monoisotopic (exact) mass is 399 g/mol. The van der Waals surface area contributed by atoms with Crippen LogP contribution in [0.4, 0.5) is 0 Å². The van der Waals surface area contributed by atoms with Gasteiger partial charge in [-0.25, -0.2) is 4.79 Å². The van der Waals surface area contributed by atoms with Crippen molar-refractivity contribution in [2.75, 3.05) is 0 Å². The summed E-state index contributed by atoms with van der Waals surface area (Å²) in [5.74, 6) is 0.773. The fourth-order valence-electron chi connectivity index (χ4n) is 4.29. The Morgan fingerprint density at radius 1 is 1.13 bits per heavy atom. The third-order valence-electron chi connectivity index (χ3n) is 5.67. The molecule has 0 amide bonds. The van der Waals surface area contributed by atoms with E-state index in [1.54, 1.807) is 17.0 Å². The number of hydrogen-bond donors (Lipinski definition) is 1. The molecular weight excluding hydrogens is 378 g/mol. The molecule has 1 aromatic carbocycles. The van der Waals surface area contributed by atoms with Crippen molar-refractivity contribution in [1.29, 1.82) is 0 Å². The topological polar surface area (TPSA) is 89.6 Å². The van der Waals surface area contributed by atoms with Crippen LogP contribution in [0.3, 0.4) is 0 Å². The van der Waals surface area contributed by atoms with E-state index in [4.69, 9.17) is 4.52 Å². The van der Waals surface area contributed by atoms with Gasteiger partial charge in [-0.3, -0.25) is 14.5 Å². The van der Waals surface area contributed by atoms with E-state index in [2.05, 4.69) is 26.2 Å². The number of rotatable bonds is 3. The van der Waals surface area contributed by atoms with Crippen molar-refractivity contribution in [2.24, 2.45) is 0 Å². The first kappa shape index (κ1) is 18.3. The second-order valence-corrected chi connectivity index (χ2v) is 7.64. The summed E-state index contributed by atoms with van der Waals surface area (Å²) in [7, 11) is 0. The number of pyridine rings is 2. The van der Waals surface area contributed by atoms with Gasteiger partial charge in [0.2, 0.25) is 0 Å². The molecule has 4 aromatic heterocycles. The summed E-state index contributed by atoms with van der Waals surface area (Å²) in [5, 5.41) is 5.02. The molecule has 0 saturated carbocycles. The maximum atomic E-state index is 12.9. The molecule has 5 rings (SSSR count). The molecule has 0 spiro atoms. The van der Waals surface area contributed by atoms with Gasteiger partial charge in [-0.05, 0) is 57.0 Å². The van der Waals surface area contributed by atoms with Gasteiger partial charge in [0.25, 0.3) is 0 Å². The molecule has 1 N–H and O–H groups in total. The zero-order chi connectivity index (χ0) is 21.0. The highest BCUT2D eigenvalue weighted by Crippen LogP contribution is 2.34. The van der Waals surface area contributed by atoms with Crippen LogP contribution >= 0.6 is 0 Å². The summed E-state index contributed by atoms with van der Waals surface area (Å²) in [5.41, 5.74) is 6.88. The van der Waals surface area contributed by atoms with Crippen molar-refractivity contribution in [3.63, 3.8) is 0 Å². The maximum Gasteiger partial charge on any atom is 0.327 e. The van der Waals surface area contributed by atoms with Gasteiger partial charge in [0.1, 0.15) is 5.76 Å². The lowest BCUT2D eigenvalue weighted by atomic mass is 9.98. The Morgan fingerprint density at radius 2 is 1.97 bits per heavy atom. The van der Waals surface area contributed by atoms with E-state index in [0.29, 0.717) is 5.52 Å². The minimum absolute atomic E-state index is 0.174. The fraction of sp³-hybridized carbons (Fsp3) is 0.217. The SMILES string of the molecule is Cc1noc(C)c1-c1cc(C)c2c(c1)ncc1[nH]c(=O)n([C@H](C)c3ccccn3)c12. The van der Waals surface area contributed by atoms with E-state index in [1.807, 2.05) is 52.0 Å². The fourth-order valence-corrected chi connectivity index (χ4v) is 4.29. The van der Waals surface area contributed by atoms with Crippen molar-refractivity contribution in [1.82, 2.24) is 24.7 Å². The van der Waals surface area contributed by atoms with E-state index >= 15 is 0 Å². The lowest BCUT2D eigenvalue weighted by molar-refractivity contribution is 0.393. The quantitative estimate of drug-likeness (QED) is 0.484. The molecular formula is C23H21N5O2. The number of aryl methyl sites for hydroxylation is 3. The summed E-state index contributed by atoms with van der Waals surface area (Å²) in [6, 6.07) is 9.64. The van der Waals surface area contributed by atoms with Gasteiger partial charge in [-0.1, -0.05) is 17.3 Å². The van der Waals surface area contributed by atoms with Crippen molar-refractivity contribution in [3.05, 3.63) is 75.9 Å². The predicted molar refractivity (Wildman–Crippen MR) is 116 cm³/mol. The summed E-state index contributed by atoms with van der Waals surface area (Å²) in [6.07, 6.45) is 3.46. The molecule has 150 valence electrons. The molecule has 30 heavy (non-hydrogen) atoms. The van der Waals surface area contributed by atoms with Gasteiger partial charge in [0, 0.05) is 17.1 Å². The summed E-state index contributed by atoms with van der Waals surface area (Å²) in [6.45, 7) is 7.86. The van der Waals surface area contributed by atoms with Crippen LogP contribution in [0.25, 0.3) is 33.1 Å². The molecule has 0 aliphatic carbocycles. The van der Waals surface area contributed by atoms with Crippen LogP contribution in [-0.2, 0) is 0 Å². The molecule has 4 heterocycles. The molecule has 1 atom stereocenters. The second kappa shape index (κ2) is 6.66. The summed E-state index contributed by atoms with van der Waals surface area (Å²) >= 11 is 0. The number of nitrogens with zero attached hydrogens (tertiary/aromatic N) is 4. The van der Waals surface area contributed by atoms with Crippen molar-refractivity contribution < 1.29 is 4.52 Å². The highest BCUT2D eigenvalue weighted by Gasteiger charge is 2.20. The van der Waals surface area contributed by atoms with Gasteiger partial charge in [0.15, 0.2) is 0 Å². The number of hydrogen-bond acceptors (Lipinski definition) is 5. The Kier molecular flexibility index (Phi) is 4.06. The Labute approximate surface area is 172 Å². The lowest BCUT2D eigenvalue weighted by Gasteiger charge is -2.15. The van der Waals surface area contributed by atoms with Crippen molar-refractivity contribution in [2.45, 2.75) is 33.7 Å². The molecule has 0 aliphatic rings. The molecule has 7 nitrogen and oxygen atoms in total. The average molecular weight is 399 g/mol. The number of benzene rings is 1.